The van der Waals surface area contributed by atoms with Crippen LogP contribution in [0.5, 0.6) is 11.5 Å². The summed E-state index contributed by atoms with van der Waals surface area (Å²) in [7, 11) is 3.26. The molecule has 35 heavy (non-hydrogen) atoms. The molecule has 1 fully saturated rings. The molecule has 2 heterocycles. The van der Waals surface area contributed by atoms with Gasteiger partial charge in [-0.05, 0) is 49.1 Å². The number of rotatable bonds is 11. The lowest BCUT2D eigenvalue weighted by molar-refractivity contribution is -0.228. The van der Waals surface area contributed by atoms with Crippen molar-refractivity contribution in [3.8, 4) is 11.5 Å². The summed E-state index contributed by atoms with van der Waals surface area (Å²) >= 11 is 12.9. The first kappa shape index (κ1) is 25.8. The average molecular weight is 521 g/mol. The van der Waals surface area contributed by atoms with Gasteiger partial charge in [0.1, 0.15) is 23.1 Å². The number of ether oxygens (including phenoxy) is 5. The molecular formula is C26H30Cl2N2O5. The molecule has 0 bridgehead atoms. The largest absolute Gasteiger partial charge is 0.497 e. The van der Waals surface area contributed by atoms with Gasteiger partial charge in [0, 0.05) is 29.0 Å². The SMILES string of the molecule is COc1ccc(COCC2CCCC(OC(c3ccc(Cl)cc3)C(Cl)n3ccnc3)O2)c(OC)c1. The van der Waals surface area contributed by atoms with Gasteiger partial charge in [-0.3, -0.25) is 0 Å². The van der Waals surface area contributed by atoms with Crippen molar-refractivity contribution in [1.82, 2.24) is 9.55 Å². The van der Waals surface area contributed by atoms with Gasteiger partial charge in [-0.1, -0.05) is 35.3 Å². The summed E-state index contributed by atoms with van der Waals surface area (Å²) < 4.78 is 31.2. The van der Waals surface area contributed by atoms with Crippen LogP contribution in [0.4, 0.5) is 0 Å². The van der Waals surface area contributed by atoms with Crippen molar-refractivity contribution in [2.75, 3.05) is 20.8 Å². The van der Waals surface area contributed by atoms with Crippen molar-refractivity contribution in [2.45, 2.75) is 49.9 Å². The zero-order valence-corrected chi connectivity index (χ0v) is 21.3. The Morgan fingerprint density at radius 3 is 2.66 bits per heavy atom. The molecule has 1 aliphatic rings. The van der Waals surface area contributed by atoms with Gasteiger partial charge >= 0.3 is 0 Å². The van der Waals surface area contributed by atoms with E-state index in [2.05, 4.69) is 4.98 Å². The van der Waals surface area contributed by atoms with E-state index in [0.717, 1.165) is 41.9 Å². The number of methoxy groups -OCH3 is 2. The van der Waals surface area contributed by atoms with E-state index in [1.54, 1.807) is 26.7 Å². The van der Waals surface area contributed by atoms with E-state index in [1.807, 2.05) is 53.2 Å². The van der Waals surface area contributed by atoms with Gasteiger partial charge in [0.25, 0.3) is 0 Å². The Hall–Kier alpha value is -2.29. The summed E-state index contributed by atoms with van der Waals surface area (Å²) in [4.78, 5) is 4.11. The highest BCUT2D eigenvalue weighted by Crippen LogP contribution is 2.37. The van der Waals surface area contributed by atoms with Crippen molar-refractivity contribution in [1.29, 1.82) is 0 Å². The van der Waals surface area contributed by atoms with Crippen molar-refractivity contribution in [2.24, 2.45) is 0 Å². The van der Waals surface area contributed by atoms with Gasteiger partial charge in [0.2, 0.25) is 0 Å². The molecule has 1 aromatic heterocycles. The minimum atomic E-state index is -0.499. The number of aromatic nitrogens is 2. The molecule has 9 heteroatoms. The highest BCUT2D eigenvalue weighted by atomic mass is 35.5. The number of alkyl halides is 1. The molecule has 4 unspecified atom stereocenters. The first-order valence-corrected chi connectivity index (χ1v) is 12.4. The van der Waals surface area contributed by atoms with E-state index in [-0.39, 0.29) is 6.10 Å². The van der Waals surface area contributed by atoms with E-state index in [4.69, 9.17) is 46.9 Å². The lowest BCUT2D eigenvalue weighted by Gasteiger charge is -2.34. The molecule has 0 spiro atoms. The van der Waals surface area contributed by atoms with Crippen LogP contribution in [0.2, 0.25) is 5.02 Å². The molecule has 0 radical (unpaired) electrons. The third-order valence-corrected chi connectivity index (χ3v) is 6.63. The fourth-order valence-electron chi connectivity index (χ4n) is 4.05. The van der Waals surface area contributed by atoms with Crippen LogP contribution < -0.4 is 9.47 Å². The lowest BCUT2D eigenvalue weighted by atomic mass is 10.1. The van der Waals surface area contributed by atoms with Gasteiger partial charge in [-0.25, -0.2) is 4.98 Å². The first-order valence-electron chi connectivity index (χ1n) is 11.5. The molecule has 0 aliphatic carbocycles. The molecule has 1 saturated heterocycles. The zero-order valence-electron chi connectivity index (χ0n) is 19.8. The number of benzene rings is 2. The van der Waals surface area contributed by atoms with Gasteiger partial charge in [0.05, 0.1) is 39.9 Å². The summed E-state index contributed by atoms with van der Waals surface area (Å²) in [5, 5.41) is 0.654. The molecule has 2 aromatic carbocycles. The first-order chi connectivity index (χ1) is 17.1. The highest BCUT2D eigenvalue weighted by Gasteiger charge is 2.31. The van der Waals surface area contributed by atoms with Crippen LogP contribution in [0, 0.1) is 0 Å². The molecule has 0 saturated carbocycles. The zero-order chi connectivity index (χ0) is 24.6. The van der Waals surface area contributed by atoms with Crippen LogP contribution in [-0.4, -0.2) is 42.8 Å². The topological polar surface area (TPSA) is 64.0 Å². The van der Waals surface area contributed by atoms with Crippen molar-refractivity contribution >= 4 is 23.2 Å². The maximum Gasteiger partial charge on any atom is 0.159 e. The van der Waals surface area contributed by atoms with E-state index >= 15 is 0 Å². The second kappa shape index (κ2) is 12.6. The monoisotopic (exact) mass is 520 g/mol. The van der Waals surface area contributed by atoms with Crippen molar-refractivity contribution in [3.63, 3.8) is 0 Å². The van der Waals surface area contributed by atoms with Crippen molar-refractivity contribution < 1.29 is 23.7 Å². The van der Waals surface area contributed by atoms with Gasteiger partial charge < -0.3 is 28.3 Å². The normalized spacial score (nSPS) is 19.8. The Balaban J connectivity index is 1.36. The molecule has 0 amide bonds. The molecule has 7 nitrogen and oxygen atoms in total. The highest BCUT2D eigenvalue weighted by molar-refractivity contribution is 6.30. The van der Waals surface area contributed by atoms with Crippen LogP contribution in [0.3, 0.4) is 0 Å². The second-order valence-corrected chi connectivity index (χ2v) is 9.19. The van der Waals surface area contributed by atoms with Gasteiger partial charge in [-0.2, -0.15) is 0 Å². The maximum atomic E-state index is 6.81. The van der Waals surface area contributed by atoms with Crippen LogP contribution in [0.15, 0.2) is 61.2 Å². The van der Waals surface area contributed by atoms with Crippen LogP contribution in [-0.2, 0) is 20.8 Å². The molecular weight excluding hydrogens is 491 g/mol. The Kier molecular flexibility index (Phi) is 9.29. The quantitative estimate of drug-likeness (QED) is 0.282. The van der Waals surface area contributed by atoms with Crippen molar-refractivity contribution in [3.05, 3.63) is 77.3 Å². The minimum absolute atomic E-state index is 0.0779. The minimum Gasteiger partial charge on any atom is -0.497 e. The summed E-state index contributed by atoms with van der Waals surface area (Å²) in [5.41, 5.74) is 1.36. The van der Waals surface area contributed by atoms with Crippen LogP contribution in [0.1, 0.15) is 42.0 Å². The second-order valence-electron chi connectivity index (χ2n) is 8.30. The van der Waals surface area contributed by atoms with Gasteiger partial charge in [-0.15, -0.1) is 0 Å². The van der Waals surface area contributed by atoms with E-state index in [1.165, 1.54) is 0 Å². The van der Waals surface area contributed by atoms with E-state index < -0.39 is 17.9 Å². The molecule has 1 aliphatic heterocycles. The molecule has 0 N–H and O–H groups in total. The number of imidazole rings is 1. The third-order valence-electron chi connectivity index (χ3n) is 5.92. The smallest absolute Gasteiger partial charge is 0.159 e. The fraction of sp³-hybridized carbons (Fsp3) is 0.423. The lowest BCUT2D eigenvalue weighted by Crippen LogP contribution is -2.34. The number of nitrogens with zero attached hydrogens (tertiary/aromatic N) is 2. The molecule has 3 aromatic rings. The van der Waals surface area contributed by atoms with E-state index in [0.29, 0.717) is 18.2 Å². The summed E-state index contributed by atoms with van der Waals surface area (Å²) in [6.45, 7) is 0.864. The van der Waals surface area contributed by atoms with Gasteiger partial charge in [0.15, 0.2) is 6.29 Å². The molecule has 4 atom stereocenters. The Morgan fingerprint density at radius 2 is 1.94 bits per heavy atom. The van der Waals surface area contributed by atoms with E-state index in [9.17, 15) is 0 Å². The summed E-state index contributed by atoms with van der Waals surface area (Å²) in [6.07, 6.45) is 6.90. The number of halogens is 2. The molecule has 4 rings (SSSR count). The predicted molar refractivity (Wildman–Crippen MR) is 134 cm³/mol. The molecule has 188 valence electrons. The third kappa shape index (κ3) is 6.90. The summed E-state index contributed by atoms with van der Waals surface area (Å²) in [5.74, 6) is 1.47. The van der Waals surface area contributed by atoms with Crippen LogP contribution >= 0.6 is 23.2 Å². The maximum absolute atomic E-state index is 6.81. The Labute approximate surface area is 215 Å². The average Bonchev–Trinajstić information content (AvgIpc) is 3.43. The Morgan fingerprint density at radius 1 is 1.11 bits per heavy atom. The Bertz CT molecular complexity index is 1050. The number of hydrogen-bond donors (Lipinski definition) is 0. The summed E-state index contributed by atoms with van der Waals surface area (Å²) in [6, 6.07) is 13.2. The predicted octanol–water partition coefficient (Wildman–Crippen LogP) is 6.16. The number of hydrogen-bond acceptors (Lipinski definition) is 6. The standard InChI is InChI=1S/C26H30Cl2N2O5/c1-31-21-11-8-19(23(14-21)32-2)15-33-16-22-4-3-5-24(34-22)35-25(18-6-9-20(27)10-7-18)26(28)30-13-12-29-17-30/h6-14,17,22,24-26H,3-5,15-16H2,1-2H3. The van der Waals surface area contributed by atoms with Crippen LogP contribution in [0.25, 0.3) is 0 Å². The fourth-order valence-corrected chi connectivity index (χ4v) is 4.49.